The first kappa shape index (κ1) is 20.2. The van der Waals surface area contributed by atoms with Crippen molar-refractivity contribution in [3.63, 3.8) is 0 Å². The first-order valence-corrected chi connectivity index (χ1v) is 9.44. The number of nitrogens with zero attached hydrogens (tertiary/aromatic N) is 3. The third kappa shape index (κ3) is 5.42. The van der Waals surface area contributed by atoms with Crippen molar-refractivity contribution in [2.75, 3.05) is 13.6 Å². The van der Waals surface area contributed by atoms with E-state index < -0.39 is 0 Å². The summed E-state index contributed by atoms with van der Waals surface area (Å²) in [7, 11) is 1.78. The van der Waals surface area contributed by atoms with E-state index in [9.17, 15) is 0 Å². The Morgan fingerprint density at radius 3 is 2.88 bits per heavy atom. The number of hydrogen-bond acceptors (Lipinski definition) is 3. The average Bonchev–Trinajstić information content (AvgIpc) is 3.23. The monoisotopic (exact) mass is 533 g/mol. The predicted molar refractivity (Wildman–Crippen MR) is 119 cm³/mol. The molecule has 1 unspecified atom stereocenters. The van der Waals surface area contributed by atoms with Crippen molar-refractivity contribution in [2.45, 2.75) is 19.4 Å². The first-order valence-electron chi connectivity index (χ1n) is 7.77. The largest absolute Gasteiger partial charge is 0.356 e. The SMILES string of the molecule is CN=C(NCc1cn2cc(Br)ccc2n1)NCC(C)c1cccs1.I. The highest BCUT2D eigenvalue weighted by atomic mass is 127. The van der Waals surface area contributed by atoms with Crippen LogP contribution in [0.15, 0.2) is 51.5 Å². The van der Waals surface area contributed by atoms with E-state index in [2.05, 4.69) is 61.0 Å². The summed E-state index contributed by atoms with van der Waals surface area (Å²) in [6, 6.07) is 8.24. The molecule has 0 amide bonds. The van der Waals surface area contributed by atoms with E-state index >= 15 is 0 Å². The van der Waals surface area contributed by atoms with Gasteiger partial charge in [-0.15, -0.1) is 35.3 Å². The highest BCUT2D eigenvalue weighted by Crippen LogP contribution is 2.19. The molecular formula is C17H21BrIN5S. The second-order valence-electron chi connectivity index (χ2n) is 5.57. The number of hydrogen-bond donors (Lipinski definition) is 2. The van der Waals surface area contributed by atoms with Crippen molar-refractivity contribution in [1.82, 2.24) is 20.0 Å². The molecule has 25 heavy (non-hydrogen) atoms. The molecule has 2 N–H and O–H groups in total. The van der Waals surface area contributed by atoms with E-state index in [1.807, 2.05) is 28.9 Å². The summed E-state index contributed by atoms with van der Waals surface area (Å²) in [5.74, 6) is 1.24. The zero-order valence-corrected chi connectivity index (χ0v) is 18.8. The van der Waals surface area contributed by atoms with Gasteiger partial charge in [0.05, 0.1) is 12.2 Å². The highest BCUT2D eigenvalue weighted by molar-refractivity contribution is 14.0. The molecule has 0 radical (unpaired) electrons. The maximum absolute atomic E-state index is 4.59. The second kappa shape index (κ2) is 9.54. The molecule has 0 aromatic carbocycles. The molecule has 8 heteroatoms. The van der Waals surface area contributed by atoms with Gasteiger partial charge in [-0.25, -0.2) is 4.98 Å². The zero-order valence-electron chi connectivity index (χ0n) is 14.1. The van der Waals surface area contributed by atoms with Crippen LogP contribution in [0, 0.1) is 0 Å². The quantitative estimate of drug-likeness (QED) is 0.293. The van der Waals surface area contributed by atoms with Gasteiger partial charge in [0.25, 0.3) is 0 Å². The lowest BCUT2D eigenvalue weighted by atomic mass is 10.1. The lowest BCUT2D eigenvalue weighted by Crippen LogP contribution is -2.38. The Morgan fingerprint density at radius 1 is 1.32 bits per heavy atom. The van der Waals surface area contributed by atoms with Crippen LogP contribution in [0.5, 0.6) is 0 Å². The highest BCUT2D eigenvalue weighted by Gasteiger charge is 2.08. The summed E-state index contributed by atoms with van der Waals surface area (Å²) < 4.78 is 3.04. The number of imidazole rings is 1. The number of halogens is 2. The molecule has 0 saturated heterocycles. The molecule has 5 nitrogen and oxygen atoms in total. The van der Waals surface area contributed by atoms with Crippen molar-refractivity contribution in [1.29, 1.82) is 0 Å². The van der Waals surface area contributed by atoms with Gasteiger partial charge in [0, 0.05) is 41.3 Å². The molecule has 0 aliphatic carbocycles. The van der Waals surface area contributed by atoms with E-state index in [1.54, 1.807) is 18.4 Å². The Balaban J connectivity index is 0.00000225. The minimum atomic E-state index is 0. The van der Waals surface area contributed by atoms with E-state index in [-0.39, 0.29) is 24.0 Å². The number of nitrogens with one attached hydrogen (secondary N) is 2. The van der Waals surface area contributed by atoms with Crippen LogP contribution >= 0.6 is 51.2 Å². The van der Waals surface area contributed by atoms with Crippen LogP contribution in [0.4, 0.5) is 0 Å². The fourth-order valence-corrected chi connectivity index (χ4v) is 3.56. The summed E-state index contributed by atoms with van der Waals surface area (Å²) in [6.45, 7) is 3.69. The van der Waals surface area contributed by atoms with Gasteiger partial charge in [0.2, 0.25) is 0 Å². The van der Waals surface area contributed by atoms with Gasteiger partial charge >= 0.3 is 0 Å². The van der Waals surface area contributed by atoms with Crippen LogP contribution in [0.2, 0.25) is 0 Å². The molecule has 3 heterocycles. The Bertz CT molecular complexity index is 831. The number of rotatable bonds is 5. The number of aliphatic imine (C=N–C) groups is 1. The van der Waals surface area contributed by atoms with Gasteiger partial charge in [0.1, 0.15) is 5.65 Å². The summed E-state index contributed by atoms with van der Waals surface area (Å²) in [6.07, 6.45) is 4.02. The molecule has 1 atom stereocenters. The van der Waals surface area contributed by atoms with Gasteiger partial charge in [-0.3, -0.25) is 4.99 Å². The lowest BCUT2D eigenvalue weighted by Gasteiger charge is -2.14. The lowest BCUT2D eigenvalue weighted by molar-refractivity contribution is 0.706. The van der Waals surface area contributed by atoms with Crippen LogP contribution in [0.25, 0.3) is 5.65 Å². The van der Waals surface area contributed by atoms with Gasteiger partial charge in [-0.05, 0) is 39.5 Å². The van der Waals surface area contributed by atoms with Gasteiger partial charge in [-0.1, -0.05) is 13.0 Å². The van der Waals surface area contributed by atoms with E-state index in [0.717, 1.165) is 28.3 Å². The fourth-order valence-electron chi connectivity index (χ4n) is 2.42. The zero-order chi connectivity index (χ0) is 16.9. The normalized spacial score (nSPS) is 12.7. The standard InChI is InChI=1S/C17H20BrN5S.HI/c1-12(15-4-3-7-24-15)8-20-17(19-2)21-9-14-11-23-10-13(18)5-6-16(23)22-14;/h3-7,10-12H,8-9H2,1-2H3,(H2,19,20,21);1H. The number of pyridine rings is 1. The van der Waals surface area contributed by atoms with Gasteiger partial charge in [-0.2, -0.15) is 0 Å². The second-order valence-corrected chi connectivity index (χ2v) is 7.46. The molecule has 0 fully saturated rings. The summed E-state index contributed by atoms with van der Waals surface area (Å²) in [5, 5.41) is 8.80. The van der Waals surface area contributed by atoms with Crippen LogP contribution < -0.4 is 10.6 Å². The topological polar surface area (TPSA) is 53.7 Å². The van der Waals surface area contributed by atoms with Crippen molar-refractivity contribution in [2.24, 2.45) is 4.99 Å². The minimum Gasteiger partial charge on any atom is -0.356 e. The van der Waals surface area contributed by atoms with Crippen molar-refractivity contribution in [3.05, 3.63) is 57.1 Å². The molecule has 3 aromatic heterocycles. The Hall–Kier alpha value is -1.13. The maximum Gasteiger partial charge on any atom is 0.191 e. The smallest absolute Gasteiger partial charge is 0.191 e. The third-order valence-corrected chi connectivity index (χ3v) is 5.30. The molecule has 0 aliphatic rings. The summed E-state index contributed by atoms with van der Waals surface area (Å²) in [4.78, 5) is 10.3. The van der Waals surface area contributed by atoms with E-state index in [4.69, 9.17) is 0 Å². The minimum absolute atomic E-state index is 0. The van der Waals surface area contributed by atoms with Crippen LogP contribution in [-0.2, 0) is 6.54 Å². The van der Waals surface area contributed by atoms with Gasteiger partial charge in [0.15, 0.2) is 5.96 Å². The molecule has 0 saturated carbocycles. The van der Waals surface area contributed by atoms with Crippen LogP contribution in [0.1, 0.15) is 23.4 Å². The molecule has 3 aromatic rings. The number of thiophene rings is 1. The molecular weight excluding hydrogens is 513 g/mol. The van der Waals surface area contributed by atoms with Crippen molar-refractivity contribution >= 4 is 62.9 Å². The number of fused-ring (bicyclic) bond motifs is 1. The average molecular weight is 534 g/mol. The van der Waals surface area contributed by atoms with E-state index in [0.29, 0.717) is 12.5 Å². The third-order valence-electron chi connectivity index (χ3n) is 3.73. The van der Waals surface area contributed by atoms with Gasteiger partial charge < -0.3 is 15.0 Å². The van der Waals surface area contributed by atoms with Crippen LogP contribution in [0.3, 0.4) is 0 Å². The Labute approximate surface area is 177 Å². The fraction of sp³-hybridized carbons (Fsp3) is 0.294. The summed E-state index contributed by atoms with van der Waals surface area (Å²) >= 11 is 5.26. The summed E-state index contributed by atoms with van der Waals surface area (Å²) in [5.41, 5.74) is 1.91. The predicted octanol–water partition coefficient (Wildman–Crippen LogP) is 4.25. The van der Waals surface area contributed by atoms with Crippen molar-refractivity contribution < 1.29 is 0 Å². The Morgan fingerprint density at radius 2 is 2.16 bits per heavy atom. The molecule has 134 valence electrons. The number of aromatic nitrogens is 2. The molecule has 0 spiro atoms. The van der Waals surface area contributed by atoms with Crippen LogP contribution in [-0.4, -0.2) is 28.9 Å². The maximum atomic E-state index is 4.59. The molecule has 0 bridgehead atoms. The Kier molecular flexibility index (Phi) is 7.70. The molecule has 0 aliphatic heterocycles. The van der Waals surface area contributed by atoms with E-state index in [1.165, 1.54) is 4.88 Å². The first-order chi connectivity index (χ1) is 11.7. The molecule has 3 rings (SSSR count). The van der Waals surface area contributed by atoms with Crippen molar-refractivity contribution in [3.8, 4) is 0 Å². The number of guanidine groups is 1.